The molecule has 0 aromatic heterocycles. The van der Waals surface area contributed by atoms with Gasteiger partial charge in [-0.2, -0.15) is 0 Å². The molecule has 0 unspecified atom stereocenters. The Morgan fingerprint density at radius 1 is 1.53 bits per heavy atom. The Kier molecular flexibility index (Phi) is 6.00. The number of ether oxygens (including phenoxy) is 1. The smallest absolute Gasteiger partial charge is 0.223 e. The summed E-state index contributed by atoms with van der Waals surface area (Å²) in [6.45, 7) is 3.31. The molecule has 5 heteroatoms. The largest absolute Gasteiger partial charge is 0.493 e. The van der Waals surface area contributed by atoms with E-state index in [1.807, 2.05) is 25.1 Å². The van der Waals surface area contributed by atoms with Crippen molar-refractivity contribution in [3.8, 4) is 5.75 Å². The van der Waals surface area contributed by atoms with Crippen molar-refractivity contribution in [2.75, 3.05) is 13.2 Å². The van der Waals surface area contributed by atoms with Gasteiger partial charge in [0.2, 0.25) is 5.91 Å². The molecule has 0 fully saturated rings. The predicted octanol–water partition coefficient (Wildman–Crippen LogP) is 1.81. The lowest BCUT2D eigenvalue weighted by molar-refractivity contribution is -0.121. The summed E-state index contributed by atoms with van der Waals surface area (Å²) in [7, 11) is 0. The quantitative estimate of drug-likeness (QED) is 0.842. The van der Waals surface area contributed by atoms with Gasteiger partial charge >= 0.3 is 0 Å². The number of halogens is 1. The summed E-state index contributed by atoms with van der Waals surface area (Å²) >= 11 is 3.37. The van der Waals surface area contributed by atoms with Crippen LogP contribution in [0.25, 0.3) is 0 Å². The predicted molar refractivity (Wildman–Crippen MR) is 70.8 cm³/mol. The van der Waals surface area contributed by atoms with Gasteiger partial charge in [0.15, 0.2) is 0 Å². The summed E-state index contributed by atoms with van der Waals surface area (Å²) in [5.41, 5.74) is 6.54. The molecule has 1 aromatic rings. The Bertz CT molecular complexity index is 383. The van der Waals surface area contributed by atoms with Crippen LogP contribution in [0.1, 0.15) is 18.9 Å². The molecule has 4 nitrogen and oxygen atoms in total. The van der Waals surface area contributed by atoms with E-state index in [9.17, 15) is 4.79 Å². The van der Waals surface area contributed by atoms with E-state index in [0.717, 1.165) is 15.8 Å². The topological polar surface area (TPSA) is 64.3 Å². The highest BCUT2D eigenvalue weighted by Crippen LogP contribution is 2.22. The highest BCUT2D eigenvalue weighted by atomic mass is 79.9. The van der Waals surface area contributed by atoms with Gasteiger partial charge in [-0.05, 0) is 25.1 Å². The van der Waals surface area contributed by atoms with Gasteiger partial charge in [-0.15, -0.1) is 0 Å². The van der Waals surface area contributed by atoms with E-state index in [4.69, 9.17) is 10.5 Å². The number of carbonyl (C=O) groups excluding carboxylic acids is 1. The maximum atomic E-state index is 11.2. The van der Waals surface area contributed by atoms with Crippen molar-refractivity contribution >= 4 is 21.8 Å². The number of amides is 1. The van der Waals surface area contributed by atoms with Crippen LogP contribution in [0.5, 0.6) is 5.75 Å². The second-order valence-electron chi connectivity index (χ2n) is 3.51. The second-order valence-corrected chi connectivity index (χ2v) is 4.42. The SMILES string of the molecule is CCNC(=O)CCOc1ccc(Br)cc1CN. The van der Waals surface area contributed by atoms with Crippen LogP contribution in [0.4, 0.5) is 0 Å². The average molecular weight is 301 g/mol. The summed E-state index contributed by atoms with van der Waals surface area (Å²) in [4.78, 5) is 11.2. The zero-order valence-electron chi connectivity index (χ0n) is 9.83. The Morgan fingerprint density at radius 2 is 2.29 bits per heavy atom. The van der Waals surface area contributed by atoms with Crippen LogP contribution in [0, 0.1) is 0 Å². The van der Waals surface area contributed by atoms with Crippen molar-refractivity contribution in [2.24, 2.45) is 5.73 Å². The molecule has 1 amide bonds. The molecular weight excluding hydrogens is 284 g/mol. The van der Waals surface area contributed by atoms with Crippen LogP contribution < -0.4 is 15.8 Å². The van der Waals surface area contributed by atoms with Crippen LogP contribution in [-0.2, 0) is 11.3 Å². The fourth-order valence-electron chi connectivity index (χ4n) is 1.39. The molecule has 17 heavy (non-hydrogen) atoms. The van der Waals surface area contributed by atoms with E-state index in [-0.39, 0.29) is 5.91 Å². The molecule has 94 valence electrons. The molecule has 1 rings (SSSR count). The van der Waals surface area contributed by atoms with E-state index in [0.29, 0.717) is 26.1 Å². The zero-order chi connectivity index (χ0) is 12.7. The molecule has 0 spiro atoms. The van der Waals surface area contributed by atoms with E-state index < -0.39 is 0 Å². The van der Waals surface area contributed by atoms with Crippen molar-refractivity contribution in [1.82, 2.24) is 5.32 Å². The number of carbonyl (C=O) groups is 1. The van der Waals surface area contributed by atoms with E-state index in [1.165, 1.54) is 0 Å². The zero-order valence-corrected chi connectivity index (χ0v) is 11.4. The van der Waals surface area contributed by atoms with Gasteiger partial charge in [-0.1, -0.05) is 15.9 Å². The van der Waals surface area contributed by atoms with E-state index >= 15 is 0 Å². The monoisotopic (exact) mass is 300 g/mol. The first kappa shape index (κ1) is 14.0. The van der Waals surface area contributed by atoms with Crippen LogP contribution in [0.3, 0.4) is 0 Å². The molecule has 0 aliphatic carbocycles. The number of benzene rings is 1. The maximum absolute atomic E-state index is 11.2. The number of nitrogens with one attached hydrogen (secondary N) is 1. The summed E-state index contributed by atoms with van der Waals surface area (Å²) < 4.78 is 6.51. The first-order valence-corrected chi connectivity index (χ1v) is 6.34. The molecule has 3 N–H and O–H groups in total. The van der Waals surface area contributed by atoms with Gasteiger partial charge in [-0.25, -0.2) is 0 Å². The van der Waals surface area contributed by atoms with E-state index in [1.54, 1.807) is 0 Å². The lowest BCUT2D eigenvalue weighted by atomic mass is 10.2. The minimum atomic E-state index is -0.00101. The van der Waals surface area contributed by atoms with Crippen LogP contribution in [-0.4, -0.2) is 19.1 Å². The maximum Gasteiger partial charge on any atom is 0.223 e. The summed E-state index contributed by atoms with van der Waals surface area (Å²) in [6.07, 6.45) is 0.355. The van der Waals surface area contributed by atoms with Crippen LogP contribution in [0.15, 0.2) is 22.7 Å². The molecule has 0 bridgehead atoms. The van der Waals surface area contributed by atoms with Crippen molar-refractivity contribution in [3.05, 3.63) is 28.2 Å². The Hall–Kier alpha value is -1.07. The van der Waals surface area contributed by atoms with E-state index in [2.05, 4.69) is 21.2 Å². The Balaban J connectivity index is 2.49. The molecule has 0 radical (unpaired) electrons. The summed E-state index contributed by atoms with van der Waals surface area (Å²) in [5, 5.41) is 2.72. The molecule has 0 heterocycles. The fraction of sp³-hybridized carbons (Fsp3) is 0.417. The van der Waals surface area contributed by atoms with Gasteiger partial charge < -0.3 is 15.8 Å². The number of rotatable bonds is 6. The van der Waals surface area contributed by atoms with Gasteiger partial charge in [0, 0.05) is 23.1 Å². The standard InChI is InChI=1S/C12H17BrN2O2/c1-2-15-12(16)5-6-17-11-4-3-10(13)7-9(11)8-14/h3-4,7H,2,5-6,8,14H2,1H3,(H,15,16). The molecule has 1 aromatic carbocycles. The van der Waals surface area contributed by atoms with Crippen molar-refractivity contribution < 1.29 is 9.53 Å². The third-order valence-electron chi connectivity index (χ3n) is 2.20. The lowest BCUT2D eigenvalue weighted by Crippen LogP contribution is -2.24. The lowest BCUT2D eigenvalue weighted by Gasteiger charge is -2.10. The fourth-order valence-corrected chi connectivity index (χ4v) is 1.80. The van der Waals surface area contributed by atoms with Gasteiger partial charge in [-0.3, -0.25) is 4.79 Å². The Labute approximate surface area is 110 Å². The summed E-state index contributed by atoms with van der Waals surface area (Å²) in [6, 6.07) is 5.66. The summed E-state index contributed by atoms with van der Waals surface area (Å²) in [5.74, 6) is 0.735. The third kappa shape index (κ3) is 4.75. The molecule has 0 aliphatic rings. The number of nitrogens with two attached hydrogens (primary N) is 1. The van der Waals surface area contributed by atoms with Gasteiger partial charge in [0.1, 0.15) is 5.75 Å². The average Bonchev–Trinajstić information content (AvgIpc) is 2.31. The van der Waals surface area contributed by atoms with Crippen molar-refractivity contribution in [1.29, 1.82) is 0 Å². The molecule has 0 saturated carbocycles. The number of hydrogen-bond acceptors (Lipinski definition) is 3. The number of hydrogen-bond donors (Lipinski definition) is 2. The molecule has 0 aliphatic heterocycles. The second kappa shape index (κ2) is 7.29. The van der Waals surface area contributed by atoms with Crippen molar-refractivity contribution in [3.63, 3.8) is 0 Å². The van der Waals surface area contributed by atoms with Crippen LogP contribution >= 0.6 is 15.9 Å². The molecular formula is C12H17BrN2O2. The molecule has 0 saturated heterocycles. The normalized spacial score (nSPS) is 10.1. The first-order valence-electron chi connectivity index (χ1n) is 5.55. The highest BCUT2D eigenvalue weighted by molar-refractivity contribution is 9.10. The van der Waals surface area contributed by atoms with Gasteiger partial charge in [0.25, 0.3) is 0 Å². The first-order chi connectivity index (χ1) is 8.17. The van der Waals surface area contributed by atoms with Gasteiger partial charge in [0.05, 0.1) is 13.0 Å². The highest BCUT2D eigenvalue weighted by Gasteiger charge is 2.04. The minimum absolute atomic E-state index is 0.00101. The van der Waals surface area contributed by atoms with Crippen molar-refractivity contribution in [2.45, 2.75) is 19.9 Å². The Morgan fingerprint density at radius 3 is 2.94 bits per heavy atom. The minimum Gasteiger partial charge on any atom is -0.493 e. The molecule has 0 atom stereocenters. The third-order valence-corrected chi connectivity index (χ3v) is 2.70. The van der Waals surface area contributed by atoms with Crippen LogP contribution in [0.2, 0.25) is 0 Å².